The number of H-pyrrole nitrogens is 1. The molecule has 5 nitrogen and oxygen atoms in total. The van der Waals surface area contributed by atoms with Gasteiger partial charge in [0.25, 0.3) is 5.91 Å². The number of halogens is 2. The van der Waals surface area contributed by atoms with E-state index >= 15 is 0 Å². The maximum Gasteiger partial charge on any atom is 0.270 e. The minimum atomic E-state index is -0.101. The molecule has 0 spiro atoms. The van der Waals surface area contributed by atoms with Crippen LogP contribution in [0.15, 0.2) is 18.2 Å². The van der Waals surface area contributed by atoms with E-state index in [4.69, 9.17) is 23.2 Å². The SMILES string of the molecule is CC(=O)N[C@@H]1CCN(C(=O)c2cc3c(Cl)c(Cl)ccc3[nH]2)C1. The first kappa shape index (κ1) is 15.2. The van der Waals surface area contributed by atoms with E-state index in [9.17, 15) is 9.59 Å². The highest BCUT2D eigenvalue weighted by molar-refractivity contribution is 6.45. The molecule has 1 aliphatic rings. The molecule has 2 heterocycles. The Kier molecular flexibility index (Phi) is 4.02. The fourth-order valence-electron chi connectivity index (χ4n) is 2.78. The largest absolute Gasteiger partial charge is 0.352 e. The Morgan fingerprint density at radius 2 is 2.14 bits per heavy atom. The molecule has 22 heavy (non-hydrogen) atoms. The predicted octanol–water partition coefficient (Wildman–Crippen LogP) is 2.83. The van der Waals surface area contributed by atoms with Crippen LogP contribution in [0, 0.1) is 0 Å². The number of hydrogen-bond donors (Lipinski definition) is 2. The van der Waals surface area contributed by atoms with E-state index in [1.165, 1.54) is 6.92 Å². The molecule has 116 valence electrons. The van der Waals surface area contributed by atoms with Gasteiger partial charge in [-0.25, -0.2) is 0 Å². The van der Waals surface area contributed by atoms with E-state index in [0.29, 0.717) is 28.8 Å². The van der Waals surface area contributed by atoms with Crippen molar-refractivity contribution >= 4 is 45.9 Å². The second-order valence-electron chi connectivity index (χ2n) is 5.44. The molecule has 2 N–H and O–H groups in total. The highest BCUT2D eigenvalue weighted by Gasteiger charge is 2.28. The zero-order valence-electron chi connectivity index (χ0n) is 12.0. The van der Waals surface area contributed by atoms with Gasteiger partial charge in [-0.05, 0) is 24.6 Å². The Labute approximate surface area is 137 Å². The standard InChI is InChI=1S/C15H15Cl2N3O2/c1-8(21)18-9-4-5-20(7-9)15(22)13-6-10-12(19-13)3-2-11(16)14(10)17/h2-3,6,9,19H,4-5,7H2,1H3,(H,18,21)/t9-/m1/s1. The molecule has 2 aromatic rings. The third kappa shape index (κ3) is 2.78. The van der Waals surface area contributed by atoms with E-state index < -0.39 is 0 Å². The molecule has 1 aromatic heterocycles. The Bertz CT molecular complexity index is 757. The van der Waals surface area contributed by atoms with Crippen molar-refractivity contribution in [2.45, 2.75) is 19.4 Å². The number of nitrogens with zero attached hydrogens (tertiary/aromatic N) is 1. The number of amides is 2. The van der Waals surface area contributed by atoms with Gasteiger partial charge in [0.05, 0.1) is 10.0 Å². The van der Waals surface area contributed by atoms with Gasteiger partial charge >= 0.3 is 0 Å². The first-order valence-corrected chi connectivity index (χ1v) is 7.74. The number of carbonyl (C=O) groups is 2. The van der Waals surface area contributed by atoms with E-state index in [1.54, 1.807) is 23.1 Å². The van der Waals surface area contributed by atoms with E-state index in [-0.39, 0.29) is 17.9 Å². The lowest BCUT2D eigenvalue weighted by atomic mass is 10.2. The number of fused-ring (bicyclic) bond motifs is 1. The van der Waals surface area contributed by atoms with Crippen molar-refractivity contribution in [3.05, 3.63) is 33.9 Å². The molecule has 0 unspecified atom stereocenters. The molecule has 0 radical (unpaired) electrons. The summed E-state index contributed by atoms with van der Waals surface area (Å²) in [4.78, 5) is 28.4. The number of aromatic amines is 1. The lowest BCUT2D eigenvalue weighted by Crippen LogP contribution is -2.37. The second kappa shape index (κ2) is 5.82. The Morgan fingerprint density at radius 3 is 2.86 bits per heavy atom. The maximum absolute atomic E-state index is 12.6. The highest BCUT2D eigenvalue weighted by Crippen LogP contribution is 2.31. The summed E-state index contributed by atoms with van der Waals surface area (Å²) >= 11 is 12.1. The van der Waals surface area contributed by atoms with Gasteiger partial charge in [0.1, 0.15) is 5.69 Å². The number of likely N-dealkylation sites (tertiary alicyclic amines) is 1. The lowest BCUT2D eigenvalue weighted by molar-refractivity contribution is -0.119. The summed E-state index contributed by atoms with van der Waals surface area (Å²) in [6, 6.07) is 5.23. The molecule has 1 atom stereocenters. The zero-order valence-corrected chi connectivity index (χ0v) is 13.5. The van der Waals surface area contributed by atoms with Gasteiger partial charge in [0.2, 0.25) is 5.91 Å². The van der Waals surface area contributed by atoms with Gasteiger partial charge < -0.3 is 15.2 Å². The quantitative estimate of drug-likeness (QED) is 0.883. The summed E-state index contributed by atoms with van der Waals surface area (Å²) in [6.45, 7) is 2.61. The number of carbonyl (C=O) groups excluding carboxylic acids is 2. The van der Waals surface area contributed by atoms with Crippen LogP contribution in [0.4, 0.5) is 0 Å². The number of rotatable bonds is 2. The van der Waals surface area contributed by atoms with E-state index in [0.717, 1.165) is 17.3 Å². The molecule has 1 aromatic carbocycles. The number of benzene rings is 1. The smallest absolute Gasteiger partial charge is 0.270 e. The average molecular weight is 340 g/mol. The summed E-state index contributed by atoms with van der Waals surface area (Å²) in [5.74, 6) is -0.178. The van der Waals surface area contributed by atoms with Crippen LogP contribution in [-0.4, -0.2) is 40.8 Å². The highest BCUT2D eigenvalue weighted by atomic mass is 35.5. The topological polar surface area (TPSA) is 65.2 Å². The van der Waals surface area contributed by atoms with Crippen LogP contribution in [-0.2, 0) is 4.79 Å². The molecule has 1 fully saturated rings. The van der Waals surface area contributed by atoms with Crippen LogP contribution in [0.2, 0.25) is 10.0 Å². The maximum atomic E-state index is 12.6. The minimum Gasteiger partial charge on any atom is -0.352 e. The molecular weight excluding hydrogens is 325 g/mol. The second-order valence-corrected chi connectivity index (χ2v) is 6.23. The van der Waals surface area contributed by atoms with Crippen LogP contribution in [0.3, 0.4) is 0 Å². The summed E-state index contributed by atoms with van der Waals surface area (Å²) in [5.41, 5.74) is 1.25. The average Bonchev–Trinajstić information content (AvgIpc) is 3.08. The van der Waals surface area contributed by atoms with Gasteiger partial charge in [-0.3, -0.25) is 9.59 Å². The summed E-state index contributed by atoms with van der Waals surface area (Å²) < 4.78 is 0. The van der Waals surface area contributed by atoms with Crippen molar-refractivity contribution < 1.29 is 9.59 Å². The van der Waals surface area contributed by atoms with Gasteiger partial charge in [0, 0.05) is 37.0 Å². The van der Waals surface area contributed by atoms with Crippen LogP contribution < -0.4 is 5.32 Å². The zero-order chi connectivity index (χ0) is 15.9. The Hall–Kier alpha value is -1.72. The normalized spacial score (nSPS) is 18.0. The van der Waals surface area contributed by atoms with E-state index in [2.05, 4.69) is 10.3 Å². The van der Waals surface area contributed by atoms with Crippen LogP contribution in [0.25, 0.3) is 10.9 Å². The number of aromatic nitrogens is 1. The monoisotopic (exact) mass is 339 g/mol. The van der Waals surface area contributed by atoms with Gasteiger partial charge in [-0.1, -0.05) is 23.2 Å². The van der Waals surface area contributed by atoms with Crippen molar-refractivity contribution in [3.63, 3.8) is 0 Å². The lowest BCUT2D eigenvalue weighted by Gasteiger charge is -2.15. The first-order chi connectivity index (χ1) is 10.5. The molecule has 2 amide bonds. The fraction of sp³-hybridized carbons (Fsp3) is 0.333. The molecule has 0 saturated carbocycles. The van der Waals surface area contributed by atoms with Crippen molar-refractivity contribution in [2.75, 3.05) is 13.1 Å². The minimum absolute atomic E-state index is 0.0175. The molecule has 1 saturated heterocycles. The fourth-order valence-corrected chi connectivity index (χ4v) is 3.16. The molecular formula is C15H15Cl2N3O2. The number of nitrogens with one attached hydrogen (secondary N) is 2. The Morgan fingerprint density at radius 1 is 1.36 bits per heavy atom. The van der Waals surface area contributed by atoms with Crippen LogP contribution in [0.5, 0.6) is 0 Å². The summed E-state index contributed by atoms with van der Waals surface area (Å²) in [5, 5.41) is 4.47. The van der Waals surface area contributed by atoms with Crippen molar-refractivity contribution in [2.24, 2.45) is 0 Å². The van der Waals surface area contributed by atoms with Gasteiger partial charge in [-0.2, -0.15) is 0 Å². The molecule has 0 aliphatic carbocycles. The molecule has 7 heteroatoms. The molecule has 3 rings (SSSR count). The van der Waals surface area contributed by atoms with Crippen LogP contribution in [0.1, 0.15) is 23.8 Å². The Balaban J connectivity index is 1.81. The van der Waals surface area contributed by atoms with Crippen molar-refractivity contribution in [1.29, 1.82) is 0 Å². The third-order valence-electron chi connectivity index (χ3n) is 3.80. The van der Waals surface area contributed by atoms with Gasteiger partial charge in [-0.15, -0.1) is 0 Å². The summed E-state index contributed by atoms with van der Waals surface area (Å²) in [6.07, 6.45) is 0.762. The molecule has 0 bridgehead atoms. The van der Waals surface area contributed by atoms with E-state index in [1.807, 2.05) is 0 Å². The first-order valence-electron chi connectivity index (χ1n) is 6.99. The third-order valence-corrected chi connectivity index (χ3v) is 4.62. The van der Waals surface area contributed by atoms with Crippen LogP contribution >= 0.6 is 23.2 Å². The summed E-state index contributed by atoms with van der Waals surface area (Å²) in [7, 11) is 0. The molecule has 1 aliphatic heterocycles. The number of hydrogen-bond acceptors (Lipinski definition) is 2. The van der Waals surface area contributed by atoms with Crippen molar-refractivity contribution in [3.8, 4) is 0 Å². The van der Waals surface area contributed by atoms with Gasteiger partial charge in [0.15, 0.2) is 0 Å². The predicted molar refractivity (Wildman–Crippen MR) is 86.4 cm³/mol. The van der Waals surface area contributed by atoms with Crippen molar-refractivity contribution in [1.82, 2.24) is 15.2 Å².